The average Bonchev–Trinajstić information content (AvgIpc) is 1.69. The minimum atomic E-state index is -0.608. The first-order valence-electron chi connectivity index (χ1n) is 48.0. The van der Waals surface area contributed by atoms with Crippen molar-refractivity contribution in [3.63, 3.8) is 0 Å². The quantitative estimate of drug-likeness (QED) is 0.263. The number of carbonyl (C=O) groups excluding carboxylic acids is 2. The molecule has 0 bridgehead atoms. The highest BCUT2D eigenvalue weighted by molar-refractivity contribution is 5.91. The second-order valence-electron chi connectivity index (χ2n) is 44.1. The summed E-state index contributed by atoms with van der Waals surface area (Å²) in [7, 11) is 0. The molecule has 0 aliphatic heterocycles. The van der Waals surface area contributed by atoms with E-state index < -0.39 is 11.9 Å². The molecule has 0 amide bonds. The first-order chi connectivity index (χ1) is 50.8. The number of ketones is 2. The van der Waals surface area contributed by atoms with Crippen molar-refractivity contribution in [2.75, 3.05) is 0 Å². The van der Waals surface area contributed by atoms with E-state index in [1.54, 1.807) is 148 Å². The van der Waals surface area contributed by atoms with Gasteiger partial charge in [0.05, 0.1) is 5.92 Å². The van der Waals surface area contributed by atoms with Crippen molar-refractivity contribution in [1.82, 2.24) is 0 Å². The zero-order chi connectivity index (χ0) is 72.7. The normalized spacial score (nSPS) is 50.5. The van der Waals surface area contributed by atoms with E-state index in [2.05, 4.69) is 34.6 Å². The van der Waals surface area contributed by atoms with Crippen LogP contribution < -0.4 is 0 Å². The zero-order valence-electron chi connectivity index (χ0n) is 68.7. The lowest BCUT2D eigenvalue weighted by Gasteiger charge is -2.60. The van der Waals surface area contributed by atoms with Crippen LogP contribution in [0, 0.1) is 199 Å². The SMILES string of the molecule is C1CC[C@H]2[C@H](C1)CC[C@@H]1[C@@H]2CC[C@@H]2CCC[C@H]21.CC(=O)[C@H]1CC[C@@H]2[C@@H]1CC[C@H]1[C@H]2CCC2=CC(=O)CC[C@@]21C.CC[C@@]12CCC[C@H]1[C@@H]1CC[C@H]3CCCC[C@@H]3[C@H]1CC2.C[C@@H](C(=O)O)[C@H]1CC[C@H]2[C@@H]3CC[C@H]4CCCC[C@@H]4[C@H]3CC[C@@H]21.C[C@H](CC(=O)O)[C@H]1CCC2C3CC[C@@H]4CCCC[C@]4(C)C3CC[C@@]21C. The van der Waals surface area contributed by atoms with E-state index in [1.807, 2.05) is 13.0 Å². The standard InChI is InChI=1S/C23H38O2.C20H28O2.C20H32O2.C19H32.C17H28/c1-15(14-21(24)25)18-9-10-19-17-8-7-16-6-4-5-12-22(16,2)20(17)11-13-23(18,19)3;1-12(21)15-5-6-17-16(15)7-8-19-18(17)4-3-13-11-14(22)9-10-20(13,19)2;1-12(20(21)22)14-8-9-19-16(14)10-11-17-15-5-3-2-4-13(15)6-7-18(17)19;1-2-19-12-5-8-18(19)17-10-9-14-6-3-4-7-15(14)16(17)11-13-19;1-2-6-14-12(4-1)8-10-17-15-7-3-5-13(15)9-11-16(14)17/h15-20H,4-14H2,1-3H3,(H,24,25);11,15-19H,3-10H2,1-2H3;12-19H,2-11H2,1H3,(H,21,22);14-18H,2-13H2,1H3;12-17H,1-11H2/t15-,16+,17?,18-,19?,20?,22+,23-;15-,16-,17-,18+,19+,20+;12-,13-,14-,15+,16-,17-,18-,19-;14-,15+,16-,17-,18+,19+;12-,13+,14+,15-,16-,17+/m11111/s1. The molecule has 19 fully saturated rings. The van der Waals surface area contributed by atoms with E-state index in [0.29, 0.717) is 58.4 Å². The van der Waals surface area contributed by atoms with Gasteiger partial charge in [-0.3, -0.25) is 19.2 Å². The van der Waals surface area contributed by atoms with Crippen LogP contribution in [0.4, 0.5) is 0 Å². The van der Waals surface area contributed by atoms with Crippen LogP contribution in [-0.4, -0.2) is 33.7 Å². The molecule has 34 atom stereocenters. The number of fused-ring (bicyclic) bond motifs is 25. The van der Waals surface area contributed by atoms with Crippen LogP contribution in [0.15, 0.2) is 11.6 Å². The Balaban J connectivity index is 0.000000101. The lowest BCUT2D eigenvalue weighted by Crippen LogP contribution is -2.53. The van der Waals surface area contributed by atoms with E-state index in [1.165, 1.54) is 190 Å². The number of carboxylic acids is 2. The molecule has 590 valence electrons. The molecule has 2 N–H and O–H groups in total. The first kappa shape index (κ1) is 77.0. The summed E-state index contributed by atoms with van der Waals surface area (Å²) in [6, 6.07) is 0. The maximum absolute atomic E-state index is 11.9. The van der Waals surface area contributed by atoms with Gasteiger partial charge in [0, 0.05) is 18.8 Å². The lowest BCUT2D eigenvalue weighted by molar-refractivity contribution is -0.144. The number of carboxylic acid groups (broad SMARTS) is 2. The predicted molar refractivity (Wildman–Crippen MR) is 428 cm³/mol. The summed E-state index contributed by atoms with van der Waals surface area (Å²) in [5.74, 6) is 26.4. The van der Waals surface area contributed by atoms with Gasteiger partial charge in [-0.05, 0) is 425 Å². The number of hydrogen-bond acceptors (Lipinski definition) is 4. The van der Waals surface area contributed by atoms with Gasteiger partial charge >= 0.3 is 11.9 Å². The highest BCUT2D eigenvalue weighted by Crippen LogP contribution is 2.71. The fourth-order valence-electron chi connectivity index (χ4n) is 36.4. The van der Waals surface area contributed by atoms with E-state index in [-0.39, 0.29) is 11.3 Å². The van der Waals surface area contributed by atoms with Crippen LogP contribution in [0.3, 0.4) is 0 Å². The number of Topliss-reactive ketones (excluding diaryl/α,β-unsaturated/α-hetero) is 1. The Bertz CT molecular complexity index is 3030. The summed E-state index contributed by atoms with van der Waals surface area (Å²) < 4.78 is 0. The van der Waals surface area contributed by atoms with Crippen LogP contribution in [0.2, 0.25) is 0 Å². The molecule has 105 heavy (non-hydrogen) atoms. The van der Waals surface area contributed by atoms with Crippen LogP contribution >= 0.6 is 0 Å². The number of aliphatic carboxylic acids is 2. The monoisotopic (exact) mass is 1440 g/mol. The van der Waals surface area contributed by atoms with Gasteiger partial charge in [-0.2, -0.15) is 0 Å². The van der Waals surface area contributed by atoms with E-state index in [4.69, 9.17) is 0 Å². The molecule has 20 aliphatic carbocycles. The Morgan fingerprint density at radius 2 is 0.905 bits per heavy atom. The molecular weight excluding hydrogens is 1290 g/mol. The topological polar surface area (TPSA) is 109 Å². The summed E-state index contributed by atoms with van der Waals surface area (Å²) >= 11 is 0. The summed E-state index contributed by atoms with van der Waals surface area (Å²) in [5, 5.41) is 18.7. The van der Waals surface area contributed by atoms with Crippen molar-refractivity contribution < 1.29 is 29.4 Å². The minimum absolute atomic E-state index is 0.127. The Hall–Kier alpha value is -1.98. The third kappa shape index (κ3) is 14.4. The summed E-state index contributed by atoms with van der Waals surface area (Å²) in [5.41, 5.74) is 3.56. The molecule has 3 unspecified atom stereocenters. The molecule has 6 heteroatoms. The molecule has 19 saturated carbocycles. The molecule has 0 spiro atoms. The van der Waals surface area contributed by atoms with Crippen molar-refractivity contribution in [2.45, 2.75) is 382 Å². The third-order valence-corrected chi connectivity index (χ3v) is 41.1. The summed E-state index contributed by atoms with van der Waals surface area (Å²) in [6.45, 7) is 16.1. The summed E-state index contributed by atoms with van der Waals surface area (Å²) in [4.78, 5) is 46.4. The van der Waals surface area contributed by atoms with Gasteiger partial charge in [0.1, 0.15) is 5.78 Å². The smallest absolute Gasteiger partial charge is 0.306 e. The van der Waals surface area contributed by atoms with Gasteiger partial charge < -0.3 is 10.2 Å². The van der Waals surface area contributed by atoms with Crippen molar-refractivity contribution in [3.8, 4) is 0 Å². The van der Waals surface area contributed by atoms with Crippen molar-refractivity contribution >= 4 is 23.5 Å². The van der Waals surface area contributed by atoms with Gasteiger partial charge in [-0.25, -0.2) is 0 Å². The number of carbonyl (C=O) groups is 4. The molecule has 0 aromatic rings. The van der Waals surface area contributed by atoms with Crippen LogP contribution in [0.1, 0.15) is 382 Å². The zero-order valence-corrected chi connectivity index (χ0v) is 68.7. The molecular formula is C99H158O6. The summed E-state index contributed by atoms with van der Waals surface area (Å²) in [6.07, 6.45) is 76.2. The maximum atomic E-state index is 11.9. The maximum Gasteiger partial charge on any atom is 0.306 e. The number of hydrogen-bond donors (Lipinski definition) is 2. The molecule has 0 saturated heterocycles. The highest BCUT2D eigenvalue weighted by atomic mass is 16.4. The van der Waals surface area contributed by atoms with Crippen LogP contribution in [0.5, 0.6) is 0 Å². The lowest BCUT2D eigenvalue weighted by atomic mass is 9.44. The van der Waals surface area contributed by atoms with Gasteiger partial charge in [0.2, 0.25) is 0 Å². The van der Waals surface area contributed by atoms with Crippen LogP contribution in [-0.2, 0) is 19.2 Å². The van der Waals surface area contributed by atoms with E-state index in [0.717, 1.165) is 149 Å². The average molecular weight is 1440 g/mol. The van der Waals surface area contributed by atoms with E-state index >= 15 is 0 Å². The van der Waals surface area contributed by atoms with Crippen molar-refractivity contribution in [3.05, 3.63) is 11.6 Å². The fraction of sp³-hybridized carbons (Fsp3) is 0.939. The van der Waals surface area contributed by atoms with Gasteiger partial charge in [0.25, 0.3) is 0 Å². The molecule has 0 radical (unpaired) electrons. The molecule has 20 aliphatic rings. The minimum Gasteiger partial charge on any atom is -0.481 e. The van der Waals surface area contributed by atoms with E-state index in [9.17, 15) is 29.4 Å². The van der Waals surface area contributed by atoms with Crippen LogP contribution in [0.25, 0.3) is 0 Å². The molecule has 0 aromatic heterocycles. The van der Waals surface area contributed by atoms with Gasteiger partial charge in [0.15, 0.2) is 5.78 Å². The van der Waals surface area contributed by atoms with Gasteiger partial charge in [-0.1, -0.05) is 143 Å². The first-order valence-corrected chi connectivity index (χ1v) is 48.0. The number of allylic oxidation sites excluding steroid dienone is 1. The fourth-order valence-corrected chi connectivity index (χ4v) is 36.4. The van der Waals surface area contributed by atoms with Crippen molar-refractivity contribution in [1.29, 1.82) is 0 Å². The largest absolute Gasteiger partial charge is 0.481 e. The van der Waals surface area contributed by atoms with Gasteiger partial charge in [-0.15, -0.1) is 0 Å². The Labute approximate surface area is 642 Å². The Kier molecular flexibility index (Phi) is 23.6. The second-order valence-corrected chi connectivity index (χ2v) is 44.1. The second kappa shape index (κ2) is 32.1. The molecule has 6 nitrogen and oxygen atoms in total. The van der Waals surface area contributed by atoms with Crippen molar-refractivity contribution in [2.24, 2.45) is 199 Å². The highest BCUT2D eigenvalue weighted by Gasteiger charge is 2.62. The number of rotatable bonds is 7. The Morgan fingerprint density at radius 1 is 0.400 bits per heavy atom. The Morgan fingerprint density at radius 3 is 1.54 bits per heavy atom. The third-order valence-electron chi connectivity index (χ3n) is 41.1. The predicted octanol–water partition coefficient (Wildman–Crippen LogP) is 26.3. The molecule has 0 aromatic carbocycles. The molecule has 20 rings (SSSR count). The molecule has 0 heterocycles.